The first-order chi connectivity index (χ1) is 6.58. The molecule has 0 fully saturated rings. The summed E-state index contributed by atoms with van der Waals surface area (Å²) in [7, 11) is 0. The Hall–Kier alpha value is -0.908. The Morgan fingerprint density at radius 2 is 0.800 bits per heavy atom. The SMILES string of the molecule is Cc1ccc(C)[nH]1.Cc1ccc(C)[nH]1.[AlH3]. The molecule has 15 heavy (non-hydrogen) atoms. The lowest BCUT2D eigenvalue weighted by Gasteiger charge is -1.77. The average Bonchev–Trinajstić information content (AvgIpc) is 2.63. The minimum absolute atomic E-state index is 0. The highest BCUT2D eigenvalue weighted by molar-refractivity contribution is 5.75. The van der Waals surface area contributed by atoms with Crippen molar-refractivity contribution in [1.29, 1.82) is 0 Å². The van der Waals surface area contributed by atoms with Crippen molar-refractivity contribution < 1.29 is 0 Å². The minimum atomic E-state index is 0. The van der Waals surface area contributed by atoms with Gasteiger partial charge in [-0.05, 0) is 52.0 Å². The number of nitrogens with one attached hydrogen (secondary N) is 2. The van der Waals surface area contributed by atoms with Crippen molar-refractivity contribution >= 4 is 17.4 Å². The van der Waals surface area contributed by atoms with Gasteiger partial charge in [-0.25, -0.2) is 0 Å². The van der Waals surface area contributed by atoms with E-state index >= 15 is 0 Å². The molecule has 2 nitrogen and oxygen atoms in total. The third-order valence-electron chi connectivity index (χ3n) is 1.96. The first-order valence-electron chi connectivity index (χ1n) is 4.82. The first kappa shape index (κ1) is 14.1. The molecule has 2 rings (SSSR count). The molecule has 0 aliphatic rings. The van der Waals surface area contributed by atoms with Gasteiger partial charge in [-0.3, -0.25) is 0 Å². The lowest BCUT2D eigenvalue weighted by Crippen LogP contribution is -1.67. The van der Waals surface area contributed by atoms with Crippen LogP contribution in [0.15, 0.2) is 24.3 Å². The van der Waals surface area contributed by atoms with Gasteiger partial charge in [0.2, 0.25) is 0 Å². The number of rotatable bonds is 0. The Morgan fingerprint density at radius 1 is 0.600 bits per heavy atom. The Balaban J connectivity index is 0.000000245. The summed E-state index contributed by atoms with van der Waals surface area (Å²) in [6, 6.07) is 8.26. The predicted octanol–water partition coefficient (Wildman–Crippen LogP) is 2.08. The molecule has 0 atom stereocenters. The van der Waals surface area contributed by atoms with Crippen molar-refractivity contribution in [3.63, 3.8) is 0 Å². The number of hydrogen-bond acceptors (Lipinski definition) is 0. The lowest BCUT2D eigenvalue weighted by atomic mass is 10.5. The smallest absolute Gasteiger partial charge is 0.187 e. The third-order valence-corrected chi connectivity index (χ3v) is 1.96. The van der Waals surface area contributed by atoms with Gasteiger partial charge in [0.25, 0.3) is 0 Å². The summed E-state index contributed by atoms with van der Waals surface area (Å²) < 4.78 is 0. The molecular weight excluding hydrogens is 199 g/mol. The van der Waals surface area contributed by atoms with Crippen molar-refractivity contribution in [2.45, 2.75) is 27.7 Å². The highest BCUT2D eigenvalue weighted by Crippen LogP contribution is 1.96. The Kier molecular flexibility index (Phi) is 6.16. The molecule has 2 aromatic heterocycles. The largest absolute Gasteiger partial charge is 0.363 e. The maximum atomic E-state index is 3.14. The van der Waals surface area contributed by atoms with Gasteiger partial charge in [0.15, 0.2) is 17.4 Å². The zero-order chi connectivity index (χ0) is 10.6. The number of hydrogen-bond donors (Lipinski definition) is 2. The van der Waals surface area contributed by atoms with E-state index in [9.17, 15) is 0 Å². The maximum Gasteiger partial charge on any atom is 0.187 e. The van der Waals surface area contributed by atoms with Crippen LogP contribution in [0.5, 0.6) is 0 Å². The summed E-state index contributed by atoms with van der Waals surface area (Å²) >= 11 is 0. The van der Waals surface area contributed by atoms with E-state index in [1.165, 1.54) is 22.8 Å². The summed E-state index contributed by atoms with van der Waals surface area (Å²) in [5.41, 5.74) is 4.94. The molecule has 0 unspecified atom stereocenters. The zero-order valence-corrected chi connectivity index (χ0v) is 9.31. The highest BCUT2D eigenvalue weighted by atomic mass is 27.0. The molecule has 3 heteroatoms. The fourth-order valence-corrected chi connectivity index (χ4v) is 1.29. The van der Waals surface area contributed by atoms with Crippen LogP contribution < -0.4 is 0 Å². The van der Waals surface area contributed by atoms with Crippen molar-refractivity contribution in [3.8, 4) is 0 Å². The van der Waals surface area contributed by atoms with Crippen LogP contribution in [0.2, 0.25) is 0 Å². The molecule has 0 aliphatic heterocycles. The molecule has 0 aliphatic carbocycles. The van der Waals surface area contributed by atoms with E-state index in [1.807, 2.05) is 27.7 Å². The van der Waals surface area contributed by atoms with Crippen LogP contribution in [0.3, 0.4) is 0 Å². The highest BCUT2D eigenvalue weighted by Gasteiger charge is 1.82. The molecule has 0 bridgehead atoms. The predicted molar refractivity (Wildman–Crippen MR) is 70.5 cm³/mol. The average molecular weight is 220 g/mol. The summed E-state index contributed by atoms with van der Waals surface area (Å²) in [4.78, 5) is 6.28. The summed E-state index contributed by atoms with van der Waals surface area (Å²) in [5.74, 6) is 0. The van der Waals surface area contributed by atoms with Crippen LogP contribution in [-0.4, -0.2) is 27.3 Å². The summed E-state index contributed by atoms with van der Waals surface area (Å²) in [6.07, 6.45) is 0. The van der Waals surface area contributed by atoms with Gasteiger partial charge in [-0.2, -0.15) is 0 Å². The van der Waals surface area contributed by atoms with Gasteiger partial charge in [0.05, 0.1) is 0 Å². The second-order valence-electron chi connectivity index (χ2n) is 3.65. The molecule has 0 amide bonds. The number of aryl methyl sites for hydroxylation is 4. The molecule has 0 saturated heterocycles. The van der Waals surface area contributed by atoms with Crippen LogP contribution in [0, 0.1) is 27.7 Å². The number of aromatic amines is 2. The molecule has 2 aromatic rings. The Bertz CT molecular complexity index is 316. The molecule has 82 valence electrons. The second kappa shape index (κ2) is 6.55. The van der Waals surface area contributed by atoms with Crippen LogP contribution in [-0.2, 0) is 0 Å². The minimum Gasteiger partial charge on any atom is -0.363 e. The second-order valence-corrected chi connectivity index (χ2v) is 3.65. The van der Waals surface area contributed by atoms with Crippen LogP contribution >= 0.6 is 0 Å². The summed E-state index contributed by atoms with van der Waals surface area (Å²) in [6.45, 7) is 8.19. The van der Waals surface area contributed by atoms with Crippen molar-refractivity contribution in [1.82, 2.24) is 9.97 Å². The monoisotopic (exact) mass is 220 g/mol. The Morgan fingerprint density at radius 3 is 0.867 bits per heavy atom. The van der Waals surface area contributed by atoms with Gasteiger partial charge >= 0.3 is 0 Å². The molecule has 0 aromatic carbocycles. The van der Waals surface area contributed by atoms with E-state index in [0.717, 1.165) is 0 Å². The van der Waals surface area contributed by atoms with E-state index < -0.39 is 0 Å². The zero-order valence-electron chi connectivity index (χ0n) is 9.31. The lowest BCUT2D eigenvalue weighted by molar-refractivity contribution is 1.19. The van der Waals surface area contributed by atoms with E-state index in [4.69, 9.17) is 0 Å². The molecule has 2 heterocycles. The van der Waals surface area contributed by atoms with Gasteiger partial charge in [-0.1, -0.05) is 0 Å². The number of aromatic nitrogens is 2. The third kappa shape index (κ3) is 5.51. The van der Waals surface area contributed by atoms with Gasteiger partial charge in [-0.15, -0.1) is 0 Å². The first-order valence-corrected chi connectivity index (χ1v) is 4.82. The van der Waals surface area contributed by atoms with Crippen LogP contribution in [0.1, 0.15) is 22.8 Å². The van der Waals surface area contributed by atoms with Crippen molar-refractivity contribution in [3.05, 3.63) is 47.0 Å². The van der Waals surface area contributed by atoms with Gasteiger partial charge in [0, 0.05) is 22.8 Å². The van der Waals surface area contributed by atoms with Crippen LogP contribution in [0.4, 0.5) is 0 Å². The molecule has 0 spiro atoms. The Labute approximate surface area is 102 Å². The fraction of sp³-hybridized carbons (Fsp3) is 0.333. The van der Waals surface area contributed by atoms with E-state index in [0.29, 0.717) is 0 Å². The van der Waals surface area contributed by atoms with Gasteiger partial charge in [0.1, 0.15) is 0 Å². The molecule has 2 N–H and O–H groups in total. The maximum absolute atomic E-state index is 3.14. The van der Waals surface area contributed by atoms with Crippen LogP contribution in [0.25, 0.3) is 0 Å². The topological polar surface area (TPSA) is 31.6 Å². The normalized spacial score (nSPS) is 8.80. The van der Waals surface area contributed by atoms with E-state index in [1.54, 1.807) is 0 Å². The quantitative estimate of drug-likeness (QED) is 0.637. The molecule has 0 radical (unpaired) electrons. The van der Waals surface area contributed by atoms with Crippen molar-refractivity contribution in [2.75, 3.05) is 0 Å². The molecular formula is C12H21AlN2. The van der Waals surface area contributed by atoms with Crippen molar-refractivity contribution in [2.24, 2.45) is 0 Å². The van der Waals surface area contributed by atoms with Gasteiger partial charge < -0.3 is 9.97 Å². The molecule has 0 saturated carbocycles. The number of H-pyrrole nitrogens is 2. The van der Waals surface area contributed by atoms with E-state index in [-0.39, 0.29) is 17.4 Å². The standard InChI is InChI=1S/2C6H9N.Al.3H/c2*1-5-3-4-6(2)7-5;;;;/h2*3-4,7H,1-2H3;;;;. The van der Waals surface area contributed by atoms with E-state index in [2.05, 4.69) is 34.2 Å². The summed E-state index contributed by atoms with van der Waals surface area (Å²) in [5, 5.41) is 0. The fourth-order valence-electron chi connectivity index (χ4n) is 1.29.